The van der Waals surface area contributed by atoms with Gasteiger partial charge in [0.2, 0.25) is 0 Å². The lowest BCUT2D eigenvalue weighted by molar-refractivity contribution is 0.102. The molecule has 3 heterocycles. The van der Waals surface area contributed by atoms with Crippen LogP contribution in [0.5, 0.6) is 0 Å². The fourth-order valence-electron chi connectivity index (χ4n) is 4.01. The summed E-state index contributed by atoms with van der Waals surface area (Å²) < 4.78 is 5.61. The summed E-state index contributed by atoms with van der Waals surface area (Å²) in [5.41, 5.74) is 3.50. The van der Waals surface area contributed by atoms with Crippen LogP contribution in [0.1, 0.15) is 46.7 Å². The van der Waals surface area contributed by atoms with Crippen molar-refractivity contribution in [1.29, 1.82) is 0 Å². The number of fused-ring (bicyclic) bond motifs is 1. The molecule has 0 bridgehead atoms. The van der Waals surface area contributed by atoms with Crippen LogP contribution in [0.4, 0.5) is 11.4 Å². The topological polar surface area (TPSA) is 58.4 Å². The minimum absolute atomic E-state index is 0.141. The quantitative estimate of drug-likeness (QED) is 0.712. The highest BCUT2D eigenvalue weighted by Gasteiger charge is 2.20. The zero-order valence-electron chi connectivity index (χ0n) is 16.1. The van der Waals surface area contributed by atoms with E-state index in [9.17, 15) is 4.79 Å². The molecular weight excluding hydrogens is 338 g/mol. The van der Waals surface area contributed by atoms with Gasteiger partial charge in [0.05, 0.1) is 11.3 Å². The third-order valence-electron chi connectivity index (χ3n) is 5.53. The number of nitrogens with one attached hydrogen (secondary N) is 1. The van der Waals surface area contributed by atoms with E-state index in [1.54, 1.807) is 0 Å². The molecule has 4 rings (SSSR count). The monoisotopic (exact) mass is 363 g/mol. The maximum atomic E-state index is 12.9. The van der Waals surface area contributed by atoms with Crippen LogP contribution in [0.3, 0.4) is 0 Å². The van der Waals surface area contributed by atoms with Crippen molar-refractivity contribution >= 4 is 28.1 Å². The largest absolute Gasteiger partial charge is 0.466 e. The van der Waals surface area contributed by atoms with Crippen molar-refractivity contribution in [3.05, 3.63) is 53.2 Å². The number of aromatic nitrogens is 1. The summed E-state index contributed by atoms with van der Waals surface area (Å²) in [6.45, 7) is 7.78. The molecular formula is C22H25N3O2. The fraction of sp³-hybridized carbons (Fsp3) is 0.364. The van der Waals surface area contributed by atoms with E-state index in [2.05, 4.69) is 21.3 Å². The molecule has 0 saturated carbocycles. The average Bonchev–Trinajstić information content (AvgIpc) is 2.94. The van der Waals surface area contributed by atoms with Crippen molar-refractivity contribution in [2.45, 2.75) is 40.0 Å². The average molecular weight is 363 g/mol. The number of furan rings is 1. The van der Waals surface area contributed by atoms with Crippen molar-refractivity contribution in [2.75, 3.05) is 23.3 Å². The van der Waals surface area contributed by atoms with E-state index in [-0.39, 0.29) is 5.91 Å². The number of nitrogens with zero attached hydrogens (tertiary/aromatic N) is 2. The molecule has 3 aromatic rings. The fourth-order valence-corrected chi connectivity index (χ4v) is 4.01. The Morgan fingerprint density at radius 1 is 1.04 bits per heavy atom. The Labute approximate surface area is 159 Å². The summed E-state index contributed by atoms with van der Waals surface area (Å²) >= 11 is 0. The maximum Gasteiger partial charge on any atom is 0.259 e. The molecule has 1 fully saturated rings. The first-order valence-electron chi connectivity index (χ1n) is 9.56. The Bertz CT molecular complexity index is 1000. The van der Waals surface area contributed by atoms with Crippen molar-refractivity contribution in [3.63, 3.8) is 0 Å². The second kappa shape index (κ2) is 7.06. The number of anilines is 2. The SMILES string of the molecule is Cc1oc(C)c(C(=O)Nc2ccc(N3CCCCC3)c3ccncc23)c1C. The van der Waals surface area contributed by atoms with E-state index in [4.69, 9.17) is 4.42 Å². The highest BCUT2D eigenvalue weighted by atomic mass is 16.3. The maximum absolute atomic E-state index is 12.9. The van der Waals surface area contributed by atoms with E-state index in [0.717, 1.165) is 40.9 Å². The third-order valence-corrected chi connectivity index (χ3v) is 5.53. The number of hydrogen-bond donors (Lipinski definition) is 1. The number of benzene rings is 1. The number of carbonyl (C=O) groups is 1. The molecule has 1 amide bonds. The van der Waals surface area contributed by atoms with Gasteiger partial charge in [-0.3, -0.25) is 9.78 Å². The molecule has 0 aliphatic carbocycles. The zero-order chi connectivity index (χ0) is 19.0. The highest BCUT2D eigenvalue weighted by Crippen LogP contribution is 2.34. The summed E-state index contributed by atoms with van der Waals surface area (Å²) in [6.07, 6.45) is 7.40. The van der Waals surface area contributed by atoms with Gasteiger partial charge in [0.1, 0.15) is 11.5 Å². The van der Waals surface area contributed by atoms with E-state index in [0.29, 0.717) is 11.3 Å². The van der Waals surface area contributed by atoms with E-state index < -0.39 is 0 Å². The number of aryl methyl sites for hydroxylation is 2. The number of pyridine rings is 1. The molecule has 0 atom stereocenters. The van der Waals surface area contributed by atoms with E-state index in [1.807, 2.05) is 45.3 Å². The molecule has 0 unspecified atom stereocenters. The molecule has 5 heteroatoms. The Morgan fingerprint density at radius 3 is 2.52 bits per heavy atom. The van der Waals surface area contributed by atoms with Gasteiger partial charge >= 0.3 is 0 Å². The smallest absolute Gasteiger partial charge is 0.259 e. The first-order valence-corrected chi connectivity index (χ1v) is 9.56. The lowest BCUT2D eigenvalue weighted by atomic mass is 10.0. The summed E-state index contributed by atoms with van der Waals surface area (Å²) in [5.74, 6) is 1.29. The minimum Gasteiger partial charge on any atom is -0.466 e. The summed E-state index contributed by atoms with van der Waals surface area (Å²) in [7, 11) is 0. The Kier molecular flexibility index (Phi) is 4.60. The lowest BCUT2D eigenvalue weighted by Crippen LogP contribution is -2.29. The van der Waals surface area contributed by atoms with Crippen LogP contribution in [-0.2, 0) is 0 Å². The number of piperidine rings is 1. The van der Waals surface area contributed by atoms with E-state index in [1.165, 1.54) is 24.9 Å². The standard InChI is InChI=1S/C22H25N3O2/c1-14-15(2)27-16(3)21(14)22(26)24-19-7-8-20(25-11-5-4-6-12-25)17-9-10-23-13-18(17)19/h7-10,13H,4-6,11-12H2,1-3H3,(H,24,26). The number of rotatable bonds is 3. The molecule has 27 heavy (non-hydrogen) atoms. The van der Waals surface area contributed by atoms with Crippen LogP contribution in [0.15, 0.2) is 35.0 Å². The van der Waals surface area contributed by atoms with Gasteiger partial charge < -0.3 is 14.6 Å². The summed E-state index contributed by atoms with van der Waals surface area (Å²) in [5, 5.41) is 5.16. The predicted octanol–water partition coefficient (Wildman–Crippen LogP) is 5.00. The van der Waals surface area contributed by atoms with Crippen LogP contribution in [-0.4, -0.2) is 24.0 Å². The molecule has 0 radical (unpaired) electrons. The first kappa shape index (κ1) is 17.6. The number of hydrogen-bond acceptors (Lipinski definition) is 4. The van der Waals surface area contributed by atoms with Gasteiger partial charge in [-0.1, -0.05) is 0 Å². The Morgan fingerprint density at radius 2 is 1.81 bits per heavy atom. The number of carbonyl (C=O) groups excluding carboxylic acids is 1. The highest BCUT2D eigenvalue weighted by molar-refractivity contribution is 6.12. The molecule has 0 spiro atoms. The Balaban J connectivity index is 1.71. The molecule has 1 N–H and O–H groups in total. The van der Waals surface area contributed by atoms with Gasteiger partial charge in [0.25, 0.3) is 5.91 Å². The second-order valence-electron chi connectivity index (χ2n) is 7.27. The molecule has 1 aliphatic heterocycles. The van der Waals surface area contributed by atoms with Gasteiger partial charge in [0, 0.05) is 47.5 Å². The second-order valence-corrected chi connectivity index (χ2v) is 7.27. The van der Waals surface area contributed by atoms with Gasteiger partial charge in [-0.05, 0) is 58.2 Å². The van der Waals surface area contributed by atoms with Crippen LogP contribution < -0.4 is 10.2 Å². The number of amides is 1. The predicted molar refractivity (Wildman–Crippen MR) is 109 cm³/mol. The van der Waals surface area contributed by atoms with Crippen LogP contribution in [0.25, 0.3) is 10.8 Å². The van der Waals surface area contributed by atoms with Gasteiger partial charge in [-0.25, -0.2) is 0 Å². The molecule has 1 saturated heterocycles. The normalized spacial score (nSPS) is 14.6. The van der Waals surface area contributed by atoms with Gasteiger partial charge in [-0.2, -0.15) is 0 Å². The van der Waals surface area contributed by atoms with Crippen LogP contribution >= 0.6 is 0 Å². The molecule has 1 aromatic carbocycles. The summed E-state index contributed by atoms with van der Waals surface area (Å²) in [4.78, 5) is 19.6. The van der Waals surface area contributed by atoms with Gasteiger partial charge in [-0.15, -0.1) is 0 Å². The first-order chi connectivity index (χ1) is 13.1. The molecule has 140 valence electrons. The lowest BCUT2D eigenvalue weighted by Gasteiger charge is -2.30. The Hall–Kier alpha value is -2.82. The van der Waals surface area contributed by atoms with Crippen molar-refractivity contribution in [2.24, 2.45) is 0 Å². The molecule has 2 aromatic heterocycles. The minimum atomic E-state index is -0.141. The zero-order valence-corrected chi connectivity index (χ0v) is 16.1. The van der Waals surface area contributed by atoms with Crippen LogP contribution in [0.2, 0.25) is 0 Å². The summed E-state index contributed by atoms with van der Waals surface area (Å²) in [6, 6.07) is 6.14. The van der Waals surface area contributed by atoms with Crippen LogP contribution in [0, 0.1) is 20.8 Å². The van der Waals surface area contributed by atoms with Crippen molar-refractivity contribution in [1.82, 2.24) is 4.98 Å². The van der Waals surface area contributed by atoms with Crippen molar-refractivity contribution in [3.8, 4) is 0 Å². The van der Waals surface area contributed by atoms with Crippen molar-refractivity contribution < 1.29 is 9.21 Å². The molecule has 1 aliphatic rings. The molecule has 5 nitrogen and oxygen atoms in total. The third kappa shape index (κ3) is 3.18. The van der Waals surface area contributed by atoms with Gasteiger partial charge in [0.15, 0.2) is 0 Å². The van der Waals surface area contributed by atoms with E-state index >= 15 is 0 Å².